The van der Waals surface area contributed by atoms with Gasteiger partial charge in [-0.3, -0.25) is 14.4 Å². The summed E-state index contributed by atoms with van der Waals surface area (Å²) in [7, 11) is 3.41. The van der Waals surface area contributed by atoms with Crippen molar-refractivity contribution in [3.63, 3.8) is 0 Å². The van der Waals surface area contributed by atoms with Crippen LogP contribution in [0.15, 0.2) is 54.6 Å². The van der Waals surface area contributed by atoms with Crippen LogP contribution >= 0.6 is 0 Å². The quantitative estimate of drug-likeness (QED) is 0.344. The number of benzene rings is 3. The van der Waals surface area contributed by atoms with E-state index in [0.29, 0.717) is 16.3 Å². The van der Waals surface area contributed by atoms with Crippen molar-refractivity contribution in [2.24, 2.45) is 5.92 Å². The molecule has 0 aliphatic carbocycles. The van der Waals surface area contributed by atoms with Crippen molar-refractivity contribution in [2.75, 3.05) is 21.3 Å². The highest BCUT2D eigenvalue weighted by atomic mass is 16.5. The van der Waals surface area contributed by atoms with Crippen LogP contribution in [0.5, 0.6) is 0 Å². The molecule has 0 aliphatic heterocycles. The minimum absolute atomic E-state index is 0.342. The van der Waals surface area contributed by atoms with Crippen LogP contribution in [0.1, 0.15) is 16.8 Å². The summed E-state index contributed by atoms with van der Waals surface area (Å²) < 4.78 is 14.2. The molecule has 3 aromatic carbocycles. The molecule has 0 heterocycles. The maximum atomic E-state index is 13.5. The third kappa shape index (κ3) is 4.54. The third-order valence-electron chi connectivity index (χ3n) is 5.26. The molecule has 0 fully saturated rings. The topological polar surface area (TPSA) is 108 Å². The number of nitrogens with one attached hydrogen (secondary N) is 1. The van der Waals surface area contributed by atoms with E-state index in [9.17, 15) is 19.2 Å². The molecule has 0 bridgehead atoms. The first-order valence-corrected chi connectivity index (χ1v) is 9.85. The molecular formula is C24H23NO7. The van der Waals surface area contributed by atoms with E-state index in [1.807, 2.05) is 30.3 Å². The Balaban J connectivity index is 2.10. The second-order valence-corrected chi connectivity index (χ2v) is 7.08. The Kier molecular flexibility index (Phi) is 7.04. The van der Waals surface area contributed by atoms with Gasteiger partial charge in [-0.15, -0.1) is 0 Å². The summed E-state index contributed by atoms with van der Waals surface area (Å²) >= 11 is 0. The largest absolute Gasteiger partial charge is 0.469 e. The SMILES string of the molecule is COC(=O)C[C@@H](C(=O)OC)[C@@H](NC(=O)c1c2ccccc2cc2ccccc12)C(=O)OC. The van der Waals surface area contributed by atoms with E-state index in [-0.39, 0.29) is 0 Å². The number of methoxy groups -OCH3 is 3. The lowest BCUT2D eigenvalue weighted by Crippen LogP contribution is -2.50. The van der Waals surface area contributed by atoms with Crippen LogP contribution in [-0.2, 0) is 28.6 Å². The molecule has 0 aromatic heterocycles. The molecule has 8 heteroatoms. The third-order valence-corrected chi connectivity index (χ3v) is 5.26. The molecule has 166 valence electrons. The number of ether oxygens (including phenoxy) is 3. The number of fused-ring (bicyclic) bond motifs is 2. The van der Waals surface area contributed by atoms with Gasteiger partial charge in [0.15, 0.2) is 0 Å². The average molecular weight is 437 g/mol. The summed E-state index contributed by atoms with van der Waals surface area (Å²) in [6.07, 6.45) is -0.473. The Morgan fingerprint density at radius 3 is 1.81 bits per heavy atom. The summed E-state index contributed by atoms with van der Waals surface area (Å²) in [5.74, 6) is -4.40. The summed E-state index contributed by atoms with van der Waals surface area (Å²) in [5.41, 5.74) is 0.342. The zero-order valence-corrected chi connectivity index (χ0v) is 17.9. The van der Waals surface area contributed by atoms with Crippen molar-refractivity contribution in [1.29, 1.82) is 0 Å². The van der Waals surface area contributed by atoms with Crippen molar-refractivity contribution in [2.45, 2.75) is 12.5 Å². The Hall–Kier alpha value is -3.94. The molecule has 0 saturated carbocycles. The van der Waals surface area contributed by atoms with E-state index in [1.165, 1.54) is 0 Å². The van der Waals surface area contributed by atoms with E-state index in [2.05, 4.69) is 10.1 Å². The molecule has 8 nitrogen and oxygen atoms in total. The summed E-state index contributed by atoms with van der Waals surface area (Å²) in [4.78, 5) is 50.3. The van der Waals surface area contributed by atoms with Gasteiger partial charge >= 0.3 is 17.9 Å². The fourth-order valence-electron chi connectivity index (χ4n) is 3.67. The van der Waals surface area contributed by atoms with Crippen molar-refractivity contribution >= 4 is 45.4 Å². The van der Waals surface area contributed by atoms with E-state index < -0.39 is 42.2 Å². The Bertz CT molecular complexity index is 1130. The van der Waals surface area contributed by atoms with Crippen LogP contribution in [0, 0.1) is 5.92 Å². The molecule has 32 heavy (non-hydrogen) atoms. The average Bonchev–Trinajstić information content (AvgIpc) is 2.83. The van der Waals surface area contributed by atoms with Gasteiger partial charge in [-0.2, -0.15) is 0 Å². The molecule has 3 rings (SSSR count). The second kappa shape index (κ2) is 9.91. The van der Waals surface area contributed by atoms with E-state index in [1.54, 1.807) is 24.3 Å². The number of carbonyl (C=O) groups is 4. The molecule has 0 saturated heterocycles. The lowest BCUT2D eigenvalue weighted by molar-refractivity contribution is -0.158. The Labute approximate surface area is 184 Å². The number of amides is 1. The number of hydrogen-bond acceptors (Lipinski definition) is 7. The van der Waals surface area contributed by atoms with Crippen molar-refractivity contribution in [1.82, 2.24) is 5.32 Å². The summed E-state index contributed by atoms with van der Waals surface area (Å²) in [5, 5.41) is 5.62. The molecular weight excluding hydrogens is 414 g/mol. The molecule has 0 aliphatic rings. The summed E-state index contributed by atoms with van der Waals surface area (Å²) in [6.45, 7) is 0. The number of carbonyl (C=O) groups excluding carboxylic acids is 4. The zero-order valence-electron chi connectivity index (χ0n) is 17.9. The van der Waals surface area contributed by atoms with Gasteiger partial charge in [0.25, 0.3) is 5.91 Å². The van der Waals surface area contributed by atoms with Crippen LogP contribution < -0.4 is 5.32 Å². The Morgan fingerprint density at radius 2 is 1.31 bits per heavy atom. The van der Waals surface area contributed by atoms with Gasteiger partial charge < -0.3 is 19.5 Å². The van der Waals surface area contributed by atoms with Crippen LogP contribution in [0.4, 0.5) is 0 Å². The number of hydrogen-bond donors (Lipinski definition) is 1. The minimum Gasteiger partial charge on any atom is -0.469 e. The Morgan fingerprint density at radius 1 is 0.781 bits per heavy atom. The monoisotopic (exact) mass is 437 g/mol. The van der Waals surface area contributed by atoms with Gasteiger partial charge in [-0.25, -0.2) is 4.79 Å². The minimum atomic E-state index is -1.46. The van der Waals surface area contributed by atoms with Gasteiger partial charge in [0.05, 0.1) is 39.2 Å². The standard InChI is InChI=1S/C24H23NO7/c1-30-19(26)13-18(23(28)31-2)21(24(29)32-3)25-22(27)20-16-10-6-4-8-14(16)12-15-9-5-7-11-17(15)20/h4-12,18,21H,13H2,1-3H3,(H,25,27)/t18-,21-/m1/s1. The van der Waals surface area contributed by atoms with Crippen LogP contribution in [0.25, 0.3) is 21.5 Å². The first-order valence-electron chi connectivity index (χ1n) is 9.85. The first-order chi connectivity index (χ1) is 15.4. The lowest BCUT2D eigenvalue weighted by atomic mass is 9.93. The van der Waals surface area contributed by atoms with Crippen molar-refractivity contribution in [3.05, 3.63) is 60.2 Å². The van der Waals surface area contributed by atoms with Crippen LogP contribution in [-0.4, -0.2) is 51.2 Å². The highest BCUT2D eigenvalue weighted by Gasteiger charge is 2.39. The second-order valence-electron chi connectivity index (χ2n) is 7.08. The van der Waals surface area contributed by atoms with E-state index >= 15 is 0 Å². The predicted molar refractivity (Wildman–Crippen MR) is 117 cm³/mol. The highest BCUT2D eigenvalue weighted by molar-refractivity contribution is 6.18. The molecule has 0 spiro atoms. The number of rotatable bonds is 7. The fourth-order valence-corrected chi connectivity index (χ4v) is 3.67. The smallest absolute Gasteiger partial charge is 0.329 e. The maximum absolute atomic E-state index is 13.5. The van der Waals surface area contributed by atoms with Gasteiger partial charge in [0, 0.05) is 0 Å². The lowest BCUT2D eigenvalue weighted by Gasteiger charge is -2.24. The van der Waals surface area contributed by atoms with Crippen LogP contribution in [0.3, 0.4) is 0 Å². The van der Waals surface area contributed by atoms with Gasteiger partial charge in [-0.05, 0) is 27.6 Å². The van der Waals surface area contributed by atoms with E-state index in [0.717, 1.165) is 32.1 Å². The van der Waals surface area contributed by atoms with Gasteiger partial charge in [0.1, 0.15) is 6.04 Å². The fraction of sp³-hybridized carbons (Fsp3) is 0.250. The van der Waals surface area contributed by atoms with Crippen molar-refractivity contribution < 1.29 is 33.4 Å². The molecule has 0 unspecified atom stereocenters. The van der Waals surface area contributed by atoms with Crippen molar-refractivity contribution in [3.8, 4) is 0 Å². The first kappa shape index (κ1) is 22.7. The highest BCUT2D eigenvalue weighted by Crippen LogP contribution is 2.29. The molecule has 0 radical (unpaired) electrons. The molecule has 1 amide bonds. The van der Waals surface area contributed by atoms with Gasteiger partial charge in [-0.1, -0.05) is 48.5 Å². The molecule has 1 N–H and O–H groups in total. The normalized spacial score (nSPS) is 12.6. The maximum Gasteiger partial charge on any atom is 0.329 e. The molecule has 2 atom stereocenters. The number of esters is 3. The van der Waals surface area contributed by atoms with E-state index in [4.69, 9.17) is 9.47 Å². The van der Waals surface area contributed by atoms with Crippen LogP contribution in [0.2, 0.25) is 0 Å². The zero-order chi connectivity index (χ0) is 23.3. The predicted octanol–water partition coefficient (Wildman–Crippen LogP) is 2.62. The van der Waals surface area contributed by atoms with Gasteiger partial charge in [0.2, 0.25) is 0 Å². The molecule has 3 aromatic rings. The summed E-state index contributed by atoms with van der Waals surface area (Å²) in [6, 6.07) is 15.2.